The molecule has 1 rings (SSSR count). The minimum atomic E-state index is -2.08. The Balaban J connectivity index is 3.30. The third-order valence-corrected chi connectivity index (χ3v) is 2.87. The zero-order valence-electron chi connectivity index (χ0n) is 9.08. The molecule has 0 amide bonds. The summed E-state index contributed by atoms with van der Waals surface area (Å²) in [6.45, 7) is 5.49. The van der Waals surface area contributed by atoms with Crippen molar-refractivity contribution in [2.45, 2.75) is 19.6 Å². The lowest BCUT2D eigenvalue weighted by atomic mass is 10.3. The minimum absolute atomic E-state index is 0.271. The van der Waals surface area contributed by atoms with Crippen molar-refractivity contribution < 1.29 is 13.7 Å². The highest BCUT2D eigenvalue weighted by Crippen LogP contribution is 2.34. The second-order valence-corrected chi connectivity index (χ2v) is 9.55. The molecular formula is C9H11BrFNO3Si. The van der Waals surface area contributed by atoms with Gasteiger partial charge in [-0.15, -0.1) is 0 Å². The van der Waals surface area contributed by atoms with Crippen LogP contribution in [-0.2, 0) is 0 Å². The van der Waals surface area contributed by atoms with Gasteiger partial charge < -0.3 is 4.43 Å². The van der Waals surface area contributed by atoms with Gasteiger partial charge in [-0.05, 0) is 25.7 Å². The zero-order chi connectivity index (χ0) is 12.5. The fourth-order valence-electron chi connectivity index (χ4n) is 1.09. The second-order valence-electron chi connectivity index (χ2n) is 4.21. The molecule has 1 aromatic carbocycles. The fraction of sp³-hybridized carbons (Fsp3) is 0.333. The van der Waals surface area contributed by atoms with Gasteiger partial charge in [-0.2, -0.15) is 0 Å². The third-order valence-electron chi connectivity index (χ3n) is 1.59. The summed E-state index contributed by atoms with van der Waals surface area (Å²) in [5, 5.41) is 10.8. The van der Waals surface area contributed by atoms with E-state index in [0.29, 0.717) is 4.47 Å². The number of rotatable bonds is 3. The number of nitro groups is 1. The van der Waals surface area contributed by atoms with Crippen LogP contribution in [0.5, 0.6) is 5.75 Å². The van der Waals surface area contributed by atoms with Gasteiger partial charge in [-0.1, -0.05) is 15.9 Å². The van der Waals surface area contributed by atoms with E-state index in [-0.39, 0.29) is 11.4 Å². The molecule has 0 unspecified atom stereocenters. The van der Waals surface area contributed by atoms with Crippen LogP contribution < -0.4 is 4.43 Å². The number of nitrogens with zero attached hydrogens (tertiary/aromatic N) is 1. The average molecular weight is 308 g/mol. The summed E-state index contributed by atoms with van der Waals surface area (Å²) >= 11 is 3.01. The predicted molar refractivity (Wildman–Crippen MR) is 64.7 cm³/mol. The van der Waals surface area contributed by atoms with E-state index in [0.717, 1.165) is 6.07 Å². The fourth-order valence-corrected chi connectivity index (χ4v) is 2.32. The summed E-state index contributed by atoms with van der Waals surface area (Å²) < 4.78 is 19.3. The number of hydrogen-bond donors (Lipinski definition) is 0. The van der Waals surface area contributed by atoms with Crippen LogP contribution in [0.25, 0.3) is 0 Å². The standard InChI is InChI=1S/C9H11BrFNO3Si/c1-16(2,3)15-9-7(11)4-6(10)5-8(9)12(13)14/h4-5H,1-3H3. The van der Waals surface area contributed by atoms with Crippen molar-refractivity contribution in [3.63, 3.8) is 0 Å². The molecule has 0 aromatic heterocycles. The molecule has 0 saturated carbocycles. The van der Waals surface area contributed by atoms with Crippen molar-refractivity contribution in [3.05, 3.63) is 32.5 Å². The first-order valence-corrected chi connectivity index (χ1v) is 8.73. The Kier molecular flexibility index (Phi) is 3.69. The molecule has 0 atom stereocenters. The van der Waals surface area contributed by atoms with Gasteiger partial charge in [0.1, 0.15) is 0 Å². The quantitative estimate of drug-likeness (QED) is 0.486. The summed E-state index contributed by atoms with van der Waals surface area (Å²) in [7, 11) is -2.08. The molecule has 0 bridgehead atoms. The molecule has 0 fully saturated rings. The molecule has 4 nitrogen and oxygen atoms in total. The molecule has 0 spiro atoms. The number of hydrogen-bond acceptors (Lipinski definition) is 3. The molecular weight excluding hydrogens is 297 g/mol. The van der Waals surface area contributed by atoms with E-state index >= 15 is 0 Å². The minimum Gasteiger partial charge on any atom is -0.538 e. The molecule has 0 aliphatic rings. The number of benzene rings is 1. The van der Waals surface area contributed by atoms with E-state index in [1.54, 1.807) is 0 Å². The topological polar surface area (TPSA) is 52.4 Å². The lowest BCUT2D eigenvalue weighted by molar-refractivity contribution is -0.385. The summed E-state index contributed by atoms with van der Waals surface area (Å²) in [6.07, 6.45) is 0. The summed E-state index contributed by atoms with van der Waals surface area (Å²) in [4.78, 5) is 10.1. The average Bonchev–Trinajstić information content (AvgIpc) is 2.07. The van der Waals surface area contributed by atoms with Gasteiger partial charge in [-0.25, -0.2) is 4.39 Å². The Bertz CT molecular complexity index is 433. The summed E-state index contributed by atoms with van der Waals surface area (Å²) in [6, 6.07) is 2.39. The van der Waals surface area contributed by atoms with Crippen molar-refractivity contribution in [1.29, 1.82) is 0 Å². The molecule has 0 heterocycles. The van der Waals surface area contributed by atoms with E-state index < -0.39 is 19.1 Å². The molecule has 7 heteroatoms. The van der Waals surface area contributed by atoms with Gasteiger partial charge in [0.25, 0.3) is 0 Å². The van der Waals surface area contributed by atoms with Gasteiger partial charge in [0.05, 0.1) is 4.92 Å². The molecule has 0 aliphatic heterocycles. The number of nitro benzene ring substituents is 1. The predicted octanol–water partition coefficient (Wildman–Crippen LogP) is 3.71. The lowest BCUT2D eigenvalue weighted by Crippen LogP contribution is -2.30. The highest BCUT2D eigenvalue weighted by Gasteiger charge is 2.26. The van der Waals surface area contributed by atoms with Crippen molar-refractivity contribution in [2.75, 3.05) is 0 Å². The van der Waals surface area contributed by atoms with Crippen LogP contribution in [0.4, 0.5) is 10.1 Å². The Morgan fingerprint density at radius 2 is 2.00 bits per heavy atom. The van der Waals surface area contributed by atoms with Crippen molar-refractivity contribution >= 4 is 29.9 Å². The SMILES string of the molecule is C[Si](C)(C)Oc1c(F)cc(Br)cc1[N+](=O)[O-]. The van der Waals surface area contributed by atoms with Crippen LogP contribution in [0.1, 0.15) is 0 Å². The van der Waals surface area contributed by atoms with Crippen LogP contribution >= 0.6 is 15.9 Å². The maximum atomic E-state index is 13.6. The highest BCUT2D eigenvalue weighted by atomic mass is 79.9. The Morgan fingerprint density at radius 3 is 2.44 bits per heavy atom. The molecule has 0 radical (unpaired) electrons. The summed E-state index contributed by atoms with van der Waals surface area (Å²) in [5.74, 6) is -0.990. The second kappa shape index (κ2) is 4.50. The molecule has 16 heavy (non-hydrogen) atoms. The van der Waals surface area contributed by atoms with Gasteiger partial charge in [0, 0.05) is 10.5 Å². The smallest absolute Gasteiger partial charge is 0.313 e. The van der Waals surface area contributed by atoms with E-state index in [1.165, 1.54) is 6.07 Å². The molecule has 88 valence electrons. The molecule has 1 aromatic rings. The number of halogens is 2. The molecule has 0 aliphatic carbocycles. The first-order valence-electron chi connectivity index (χ1n) is 4.53. The zero-order valence-corrected chi connectivity index (χ0v) is 11.7. The Labute approximate surface area is 102 Å². The van der Waals surface area contributed by atoms with Crippen LogP contribution in [0.2, 0.25) is 19.6 Å². The van der Waals surface area contributed by atoms with E-state index in [1.807, 2.05) is 19.6 Å². The Hall–Kier alpha value is -0.953. The molecule has 0 N–H and O–H groups in total. The van der Waals surface area contributed by atoms with Crippen molar-refractivity contribution in [1.82, 2.24) is 0 Å². The van der Waals surface area contributed by atoms with Gasteiger partial charge >= 0.3 is 5.69 Å². The largest absolute Gasteiger partial charge is 0.538 e. The van der Waals surface area contributed by atoms with E-state index in [9.17, 15) is 14.5 Å². The van der Waals surface area contributed by atoms with Crippen LogP contribution in [0.3, 0.4) is 0 Å². The van der Waals surface area contributed by atoms with Gasteiger partial charge in [0.15, 0.2) is 5.82 Å². The first-order chi connectivity index (χ1) is 7.20. The lowest BCUT2D eigenvalue weighted by Gasteiger charge is -2.19. The van der Waals surface area contributed by atoms with E-state index in [2.05, 4.69) is 15.9 Å². The third kappa shape index (κ3) is 3.27. The normalized spacial score (nSPS) is 11.3. The van der Waals surface area contributed by atoms with Crippen LogP contribution in [-0.4, -0.2) is 13.2 Å². The van der Waals surface area contributed by atoms with Gasteiger partial charge in [-0.3, -0.25) is 10.1 Å². The Morgan fingerprint density at radius 1 is 1.44 bits per heavy atom. The first kappa shape index (κ1) is 13.1. The van der Waals surface area contributed by atoms with Crippen LogP contribution in [0.15, 0.2) is 16.6 Å². The maximum absolute atomic E-state index is 13.6. The highest BCUT2D eigenvalue weighted by molar-refractivity contribution is 9.10. The maximum Gasteiger partial charge on any atom is 0.313 e. The van der Waals surface area contributed by atoms with Crippen LogP contribution in [0, 0.1) is 15.9 Å². The molecule has 0 saturated heterocycles. The van der Waals surface area contributed by atoms with E-state index in [4.69, 9.17) is 4.43 Å². The summed E-state index contributed by atoms with van der Waals surface area (Å²) in [5.41, 5.74) is -0.352. The van der Waals surface area contributed by atoms with Gasteiger partial charge in [0.2, 0.25) is 14.1 Å². The van der Waals surface area contributed by atoms with Crippen molar-refractivity contribution in [2.24, 2.45) is 0 Å². The monoisotopic (exact) mass is 307 g/mol. The van der Waals surface area contributed by atoms with Crippen molar-refractivity contribution in [3.8, 4) is 5.75 Å².